The summed E-state index contributed by atoms with van der Waals surface area (Å²) in [5.41, 5.74) is 0.327. The van der Waals surface area contributed by atoms with E-state index in [-0.39, 0.29) is 23.5 Å². The van der Waals surface area contributed by atoms with Crippen molar-refractivity contribution >= 4 is 27.3 Å². The molecular formula is C13H14ClNO5S. The molecule has 0 radical (unpaired) electrons. The second kappa shape index (κ2) is 5.38. The van der Waals surface area contributed by atoms with Crippen LogP contribution in [0.1, 0.15) is 16.8 Å². The van der Waals surface area contributed by atoms with Crippen molar-refractivity contribution in [1.29, 1.82) is 0 Å². The lowest BCUT2D eigenvalue weighted by atomic mass is 10.1. The summed E-state index contributed by atoms with van der Waals surface area (Å²) >= 11 is 6.07. The predicted octanol–water partition coefficient (Wildman–Crippen LogP) is 1.03. The molecule has 1 N–H and O–H groups in total. The first kappa shape index (κ1) is 14.5. The van der Waals surface area contributed by atoms with Crippen molar-refractivity contribution in [3.8, 4) is 11.5 Å². The van der Waals surface area contributed by atoms with E-state index in [1.54, 1.807) is 6.07 Å². The number of carbonyl (C=O) groups is 1. The van der Waals surface area contributed by atoms with E-state index in [2.05, 4.69) is 5.32 Å². The Morgan fingerprint density at radius 1 is 1.29 bits per heavy atom. The fourth-order valence-corrected chi connectivity index (χ4v) is 4.36. The molecule has 1 fully saturated rings. The smallest absolute Gasteiger partial charge is 0.251 e. The first-order valence-corrected chi connectivity index (χ1v) is 8.75. The van der Waals surface area contributed by atoms with Gasteiger partial charge in [-0.2, -0.15) is 0 Å². The molecule has 0 spiro atoms. The van der Waals surface area contributed by atoms with Gasteiger partial charge in [0.15, 0.2) is 21.3 Å². The molecule has 114 valence electrons. The van der Waals surface area contributed by atoms with Gasteiger partial charge in [0.1, 0.15) is 13.2 Å². The van der Waals surface area contributed by atoms with E-state index in [0.717, 1.165) is 0 Å². The zero-order chi connectivity index (χ0) is 15.0. The monoisotopic (exact) mass is 331 g/mol. The summed E-state index contributed by atoms with van der Waals surface area (Å²) in [7, 11) is -3.03. The van der Waals surface area contributed by atoms with Gasteiger partial charge in [-0.25, -0.2) is 8.42 Å². The molecule has 2 aliphatic rings. The molecule has 6 nitrogen and oxygen atoms in total. The first-order chi connectivity index (χ1) is 9.94. The van der Waals surface area contributed by atoms with Crippen molar-refractivity contribution in [2.75, 3.05) is 24.7 Å². The minimum absolute atomic E-state index is 0.0168. The third kappa shape index (κ3) is 3.08. The van der Waals surface area contributed by atoms with Crippen molar-refractivity contribution in [2.24, 2.45) is 0 Å². The average molecular weight is 332 g/mol. The topological polar surface area (TPSA) is 81.7 Å². The van der Waals surface area contributed by atoms with E-state index in [0.29, 0.717) is 41.7 Å². The number of sulfone groups is 1. The lowest BCUT2D eigenvalue weighted by Gasteiger charge is -2.20. The van der Waals surface area contributed by atoms with Gasteiger partial charge >= 0.3 is 0 Å². The Hall–Kier alpha value is -1.47. The summed E-state index contributed by atoms with van der Waals surface area (Å²) in [6.45, 7) is 0.813. The maximum Gasteiger partial charge on any atom is 0.251 e. The first-order valence-electron chi connectivity index (χ1n) is 6.55. The largest absolute Gasteiger partial charge is 0.486 e. The van der Waals surface area contributed by atoms with Crippen molar-refractivity contribution in [2.45, 2.75) is 12.5 Å². The number of amides is 1. The normalized spacial score (nSPS) is 22.8. The summed E-state index contributed by atoms with van der Waals surface area (Å²) in [6, 6.07) is 2.70. The highest BCUT2D eigenvalue weighted by atomic mass is 35.5. The van der Waals surface area contributed by atoms with E-state index < -0.39 is 9.84 Å². The van der Waals surface area contributed by atoms with Gasteiger partial charge in [-0.05, 0) is 18.6 Å². The Balaban J connectivity index is 1.77. The molecule has 1 amide bonds. The number of halogens is 1. The molecule has 2 aliphatic heterocycles. The minimum atomic E-state index is -3.03. The molecule has 0 aliphatic carbocycles. The van der Waals surface area contributed by atoms with E-state index in [1.807, 2.05) is 0 Å². The van der Waals surface area contributed by atoms with Gasteiger partial charge in [0, 0.05) is 11.6 Å². The molecule has 1 saturated heterocycles. The van der Waals surface area contributed by atoms with Gasteiger partial charge < -0.3 is 14.8 Å². The standard InChI is InChI=1S/C13H14ClNO5S/c14-10-5-8(6-11-12(10)20-3-2-19-11)13(16)15-9-1-4-21(17,18)7-9/h5-6,9H,1-4,7H2,(H,15,16). The second-order valence-electron chi connectivity index (χ2n) is 5.06. The SMILES string of the molecule is O=C(NC1CCS(=O)(=O)C1)c1cc(Cl)c2c(c1)OCCO2. The predicted molar refractivity (Wildman–Crippen MR) is 77.0 cm³/mol. The van der Waals surface area contributed by atoms with E-state index in [9.17, 15) is 13.2 Å². The number of carbonyl (C=O) groups excluding carboxylic acids is 1. The van der Waals surface area contributed by atoms with Crippen LogP contribution in [0.5, 0.6) is 11.5 Å². The molecule has 0 bridgehead atoms. The minimum Gasteiger partial charge on any atom is -0.486 e. The molecule has 0 aromatic heterocycles. The molecule has 8 heteroatoms. The van der Waals surface area contributed by atoms with Gasteiger partial charge in [0.2, 0.25) is 0 Å². The highest BCUT2D eigenvalue weighted by Gasteiger charge is 2.29. The van der Waals surface area contributed by atoms with Gasteiger partial charge in [-0.15, -0.1) is 0 Å². The third-order valence-corrected chi connectivity index (χ3v) is 5.48. The lowest BCUT2D eigenvalue weighted by molar-refractivity contribution is 0.0940. The van der Waals surface area contributed by atoms with Crippen molar-refractivity contribution < 1.29 is 22.7 Å². The van der Waals surface area contributed by atoms with Gasteiger partial charge in [-0.3, -0.25) is 4.79 Å². The van der Waals surface area contributed by atoms with Gasteiger partial charge in [0.25, 0.3) is 5.91 Å². The van der Waals surface area contributed by atoms with Gasteiger partial charge in [-0.1, -0.05) is 11.6 Å². The zero-order valence-electron chi connectivity index (χ0n) is 11.1. The van der Waals surface area contributed by atoms with Crippen LogP contribution in [0.25, 0.3) is 0 Å². The number of hydrogen-bond acceptors (Lipinski definition) is 5. The Morgan fingerprint density at radius 3 is 2.76 bits per heavy atom. The van der Waals surface area contributed by atoms with Crippen LogP contribution in [-0.4, -0.2) is 45.1 Å². The maximum atomic E-state index is 12.2. The Bertz CT molecular complexity index is 688. The number of fused-ring (bicyclic) bond motifs is 1. The molecular weight excluding hydrogens is 318 g/mol. The van der Waals surface area contributed by atoms with Crippen molar-refractivity contribution in [3.63, 3.8) is 0 Å². The average Bonchev–Trinajstić information content (AvgIpc) is 2.78. The van der Waals surface area contributed by atoms with Gasteiger partial charge in [0.05, 0.1) is 16.5 Å². The van der Waals surface area contributed by atoms with Crippen LogP contribution in [0.4, 0.5) is 0 Å². The lowest BCUT2D eigenvalue weighted by Crippen LogP contribution is -2.35. The highest BCUT2D eigenvalue weighted by Crippen LogP contribution is 2.38. The Labute approximate surface area is 127 Å². The molecule has 21 heavy (non-hydrogen) atoms. The summed E-state index contributed by atoms with van der Waals surface area (Å²) in [5.74, 6) is 0.591. The number of benzene rings is 1. The Morgan fingerprint density at radius 2 is 2.05 bits per heavy atom. The third-order valence-electron chi connectivity index (χ3n) is 3.43. The van der Waals surface area contributed by atoms with Crippen LogP contribution < -0.4 is 14.8 Å². The summed E-state index contributed by atoms with van der Waals surface area (Å²) in [4.78, 5) is 12.2. The summed E-state index contributed by atoms with van der Waals surface area (Å²) < 4.78 is 33.6. The number of ether oxygens (including phenoxy) is 2. The van der Waals surface area contributed by atoms with E-state index >= 15 is 0 Å². The van der Waals surface area contributed by atoms with E-state index in [4.69, 9.17) is 21.1 Å². The highest BCUT2D eigenvalue weighted by molar-refractivity contribution is 7.91. The summed E-state index contributed by atoms with van der Waals surface area (Å²) in [6.07, 6.45) is 0.437. The van der Waals surface area contributed by atoms with Crippen LogP contribution in [0.15, 0.2) is 12.1 Å². The Kier molecular flexibility index (Phi) is 3.71. The zero-order valence-corrected chi connectivity index (χ0v) is 12.7. The second-order valence-corrected chi connectivity index (χ2v) is 7.69. The quantitative estimate of drug-likeness (QED) is 0.875. The number of hydrogen-bond donors (Lipinski definition) is 1. The van der Waals surface area contributed by atoms with Crippen LogP contribution in [0, 0.1) is 0 Å². The fourth-order valence-electron chi connectivity index (χ4n) is 2.42. The fraction of sp³-hybridized carbons (Fsp3) is 0.462. The summed E-state index contributed by atoms with van der Waals surface area (Å²) in [5, 5.41) is 3.01. The van der Waals surface area contributed by atoms with E-state index in [1.165, 1.54) is 6.07 Å². The molecule has 1 unspecified atom stereocenters. The van der Waals surface area contributed by atoms with Crippen LogP contribution in [0.2, 0.25) is 5.02 Å². The molecule has 1 aromatic rings. The molecule has 2 heterocycles. The number of nitrogens with one attached hydrogen (secondary N) is 1. The van der Waals surface area contributed by atoms with Crippen LogP contribution in [0.3, 0.4) is 0 Å². The molecule has 0 saturated carbocycles. The molecule has 3 rings (SSSR count). The number of rotatable bonds is 2. The van der Waals surface area contributed by atoms with Crippen molar-refractivity contribution in [3.05, 3.63) is 22.7 Å². The maximum absolute atomic E-state index is 12.2. The van der Waals surface area contributed by atoms with Crippen molar-refractivity contribution in [1.82, 2.24) is 5.32 Å². The van der Waals surface area contributed by atoms with Crippen LogP contribution in [-0.2, 0) is 9.84 Å². The molecule has 1 aromatic carbocycles. The molecule has 1 atom stereocenters. The van der Waals surface area contributed by atoms with Crippen LogP contribution >= 0.6 is 11.6 Å².